The molecule has 90 heavy (non-hydrogen) atoms. The van der Waals surface area contributed by atoms with E-state index in [9.17, 15) is 0 Å². The molecule has 0 aliphatic carbocycles. The van der Waals surface area contributed by atoms with Gasteiger partial charge in [0.2, 0.25) is 0 Å². The molecule has 0 saturated heterocycles. The van der Waals surface area contributed by atoms with Crippen LogP contribution in [0.4, 0.5) is 0 Å². The first-order valence-corrected chi connectivity index (χ1v) is 31.8. The van der Waals surface area contributed by atoms with Crippen molar-refractivity contribution in [3.8, 4) is 84.3 Å². The molecular formula is C84H84N4OPt-2. The van der Waals surface area contributed by atoms with Gasteiger partial charge in [0.25, 0.3) is 6.33 Å². The van der Waals surface area contributed by atoms with Crippen molar-refractivity contribution in [3.63, 3.8) is 0 Å². The Bertz CT molecular complexity index is 4750. The number of fused-ring (bicyclic) bond motifs is 10. The number of aromatic nitrogens is 4. The molecule has 0 radical (unpaired) electrons. The molecule has 12 aromatic rings. The van der Waals surface area contributed by atoms with Crippen LogP contribution >= 0.6 is 0 Å². The molecule has 458 valence electrons. The summed E-state index contributed by atoms with van der Waals surface area (Å²) in [5.74, 6) is 1.98. The molecule has 0 bridgehead atoms. The molecule has 3 aromatic heterocycles. The number of nitrogens with zero attached hydrogens (tertiary/aromatic N) is 4. The largest absolute Gasteiger partial charge is 0.510 e. The number of hydrogen-bond donors (Lipinski definition) is 0. The van der Waals surface area contributed by atoms with Crippen LogP contribution in [0.1, 0.15) is 158 Å². The van der Waals surface area contributed by atoms with Gasteiger partial charge in [0.15, 0.2) is 0 Å². The maximum absolute atomic E-state index is 7.00. The van der Waals surface area contributed by atoms with Crippen LogP contribution in [0.25, 0.3) is 106 Å². The van der Waals surface area contributed by atoms with Crippen molar-refractivity contribution in [2.75, 3.05) is 0 Å². The molecule has 0 amide bonds. The van der Waals surface area contributed by atoms with Gasteiger partial charge in [-0.05, 0) is 157 Å². The van der Waals surface area contributed by atoms with E-state index in [0.29, 0.717) is 11.5 Å². The Labute approximate surface area is 549 Å². The van der Waals surface area contributed by atoms with E-state index in [-0.39, 0.29) is 53.6 Å². The van der Waals surface area contributed by atoms with E-state index in [1.165, 1.54) is 61.2 Å². The van der Waals surface area contributed by atoms with E-state index in [4.69, 9.17) is 9.72 Å². The van der Waals surface area contributed by atoms with Crippen molar-refractivity contribution in [2.24, 2.45) is 0 Å². The molecule has 0 saturated carbocycles. The molecular weight excluding hydrogens is 1280 g/mol. The minimum atomic E-state index is -0.193. The summed E-state index contributed by atoms with van der Waals surface area (Å²) in [5, 5.41) is 2.21. The summed E-state index contributed by atoms with van der Waals surface area (Å²) in [6.07, 6.45) is 6.09. The monoisotopic (exact) mass is 1360 g/mol. The van der Waals surface area contributed by atoms with Crippen molar-refractivity contribution >= 4 is 32.8 Å². The van der Waals surface area contributed by atoms with E-state index in [1.54, 1.807) is 0 Å². The van der Waals surface area contributed by atoms with Crippen LogP contribution in [0.15, 0.2) is 182 Å². The zero-order chi connectivity index (χ0) is 63.1. The summed E-state index contributed by atoms with van der Waals surface area (Å²) in [7, 11) is 0. The third kappa shape index (κ3) is 11.3. The average Bonchev–Trinajstić information content (AvgIpc) is 1.55. The minimum Gasteiger partial charge on any atom is -0.510 e. The number of ether oxygens (including phenoxy) is 1. The van der Waals surface area contributed by atoms with E-state index in [0.717, 1.165) is 77.8 Å². The van der Waals surface area contributed by atoms with Crippen LogP contribution in [-0.2, 0) is 53.6 Å². The third-order valence-corrected chi connectivity index (χ3v) is 18.3. The third-order valence-electron chi connectivity index (χ3n) is 18.3. The maximum atomic E-state index is 7.00. The van der Waals surface area contributed by atoms with Gasteiger partial charge in [0.1, 0.15) is 5.82 Å². The molecule has 0 N–H and O–H groups in total. The van der Waals surface area contributed by atoms with Gasteiger partial charge >= 0.3 is 0 Å². The SMILES string of the molecule is CC(C)(C)c1cc(-c2cc3c4c(c2)n(-c2[c-]c(Oc5[c-]c6c(cc5)c5ccccc5n6-c5cc(C(C)(C)C)ccn5)ccc2)[c-][n+]4-c2c(-c4cc(C(C)(C)C)cc(C(C)(C)C)c4)cc(C(C)(C)C)cc2-c2ccccc2-c2ccccc2-3)cc(C(C)(C)C)c1.[Pt]. The van der Waals surface area contributed by atoms with Gasteiger partial charge in [-0.25, -0.2) is 4.98 Å². The molecule has 13 rings (SSSR count). The van der Waals surface area contributed by atoms with Crippen molar-refractivity contribution in [2.45, 2.75) is 157 Å². The first-order valence-electron chi connectivity index (χ1n) is 31.8. The standard InChI is InChI=1S/C84H84N4O.Pt/c1-79(2,3)55-36-37-85-76(48-55)88-73-33-24-23-32-68(73)69-35-34-63(50-74(69)88)89-62-27-25-26-61(49-62)86-51-87-77-70(54-40-58(82(10,11)12)45-59(41-54)83(13,14)15)46-60(84(16,17)18)47-72(77)67-31-22-20-29-65(67)64-28-19-21-30-66(64)71-42-53(43-75(86)78(71)87)52-38-56(80(4,5)6)44-57(39-52)81(7,8)9;/h19-48H,1-18H3;/q-2;. The fourth-order valence-corrected chi connectivity index (χ4v) is 12.8. The Morgan fingerprint density at radius 3 is 1.44 bits per heavy atom. The second-order valence-corrected chi connectivity index (χ2v) is 31.1. The van der Waals surface area contributed by atoms with Gasteiger partial charge < -0.3 is 13.9 Å². The van der Waals surface area contributed by atoms with E-state index in [2.05, 4.69) is 321 Å². The number of benzene rings is 9. The Balaban J connectivity index is 0.00000785. The quantitative estimate of drug-likeness (QED) is 0.123. The smallest absolute Gasteiger partial charge is 0.268 e. The summed E-state index contributed by atoms with van der Waals surface area (Å²) < 4.78 is 13.9. The van der Waals surface area contributed by atoms with Crippen molar-refractivity contribution in [3.05, 3.63) is 234 Å². The summed E-state index contributed by atoms with van der Waals surface area (Å²) >= 11 is 0. The van der Waals surface area contributed by atoms with Gasteiger partial charge in [-0.2, -0.15) is 18.2 Å². The predicted octanol–water partition coefficient (Wildman–Crippen LogP) is 22.0. The van der Waals surface area contributed by atoms with Gasteiger partial charge in [-0.3, -0.25) is 4.57 Å². The second-order valence-electron chi connectivity index (χ2n) is 31.1. The van der Waals surface area contributed by atoms with Crippen LogP contribution in [0.5, 0.6) is 11.5 Å². The van der Waals surface area contributed by atoms with Crippen LogP contribution < -0.4 is 9.30 Å². The molecule has 9 aromatic carbocycles. The fourth-order valence-electron chi connectivity index (χ4n) is 12.8. The summed E-state index contributed by atoms with van der Waals surface area (Å²) in [6, 6.07) is 73.3. The topological polar surface area (TPSA) is 35.9 Å². The molecule has 6 heteroatoms. The molecule has 1 aliphatic heterocycles. The number of para-hydroxylation sites is 1. The zero-order valence-corrected chi connectivity index (χ0v) is 58.1. The Morgan fingerprint density at radius 1 is 0.378 bits per heavy atom. The Morgan fingerprint density at radius 2 is 0.867 bits per heavy atom. The predicted molar refractivity (Wildman–Crippen MR) is 373 cm³/mol. The summed E-state index contributed by atoms with van der Waals surface area (Å²) in [4.78, 5) is 4.96. The molecule has 4 heterocycles. The molecule has 0 atom stereocenters. The van der Waals surface area contributed by atoms with Crippen molar-refractivity contribution in [1.29, 1.82) is 0 Å². The van der Waals surface area contributed by atoms with Crippen LogP contribution in [0.2, 0.25) is 0 Å². The normalized spacial score (nSPS) is 12.9. The first-order chi connectivity index (χ1) is 41.9. The number of pyridine rings is 1. The summed E-state index contributed by atoms with van der Waals surface area (Å²) in [6.45, 7) is 41.7. The molecule has 0 unspecified atom stereocenters. The van der Waals surface area contributed by atoms with Crippen molar-refractivity contribution < 1.29 is 30.4 Å². The van der Waals surface area contributed by atoms with Crippen LogP contribution in [-0.4, -0.2) is 14.1 Å². The van der Waals surface area contributed by atoms with Crippen LogP contribution in [0, 0.1) is 18.5 Å². The molecule has 5 nitrogen and oxygen atoms in total. The molecule has 0 fully saturated rings. The van der Waals surface area contributed by atoms with Gasteiger partial charge in [-0.1, -0.05) is 251 Å². The molecule has 0 spiro atoms. The Hall–Kier alpha value is -8.11. The number of hydrogen-bond acceptors (Lipinski definition) is 2. The molecule has 1 aliphatic rings. The summed E-state index contributed by atoms with van der Waals surface area (Å²) in [5.41, 5.74) is 24.4. The van der Waals surface area contributed by atoms with E-state index >= 15 is 0 Å². The second kappa shape index (κ2) is 22.1. The van der Waals surface area contributed by atoms with Gasteiger partial charge in [0.05, 0.1) is 16.7 Å². The first kappa shape index (κ1) is 62.1. The fraction of sp³-hybridized carbons (Fsp3) is 0.286. The van der Waals surface area contributed by atoms with Gasteiger partial charge in [-0.15, -0.1) is 29.7 Å². The average molecular weight is 1360 g/mol. The zero-order valence-electron chi connectivity index (χ0n) is 55.8. The number of imidazole rings is 1. The number of rotatable bonds is 6. The van der Waals surface area contributed by atoms with Crippen LogP contribution in [0.3, 0.4) is 0 Å². The minimum absolute atomic E-state index is 0. The Kier molecular flexibility index (Phi) is 15.2. The van der Waals surface area contributed by atoms with E-state index in [1.807, 2.05) is 18.3 Å². The van der Waals surface area contributed by atoms with E-state index < -0.39 is 0 Å². The van der Waals surface area contributed by atoms with Crippen molar-refractivity contribution in [1.82, 2.24) is 14.1 Å². The maximum Gasteiger partial charge on any atom is 0.268 e. The van der Waals surface area contributed by atoms with Gasteiger partial charge in [0, 0.05) is 44.3 Å².